The monoisotopic (exact) mass is 442 g/mol. The number of amides is 1. The number of hydrogen-bond donors (Lipinski definition) is 0. The van der Waals surface area contributed by atoms with Crippen LogP contribution in [0.4, 0.5) is 17.2 Å². The highest BCUT2D eigenvalue weighted by molar-refractivity contribution is 5.78. The lowest BCUT2D eigenvalue weighted by Crippen LogP contribution is -2.50. The van der Waals surface area contributed by atoms with Gasteiger partial charge in [-0.05, 0) is 55.3 Å². The molecule has 2 heterocycles. The van der Waals surface area contributed by atoms with E-state index < -0.39 is 0 Å². The quantitative estimate of drug-likeness (QED) is 0.483. The zero-order valence-corrected chi connectivity index (χ0v) is 18.8. The number of carbonyl (C=O) groups excluding carboxylic acids is 1. The molecule has 7 heteroatoms. The van der Waals surface area contributed by atoms with Crippen LogP contribution in [0.1, 0.15) is 12.5 Å². The van der Waals surface area contributed by atoms with E-state index in [2.05, 4.69) is 9.83 Å². The topological polar surface area (TPSA) is 59.3 Å². The maximum absolute atomic E-state index is 12.0. The average Bonchev–Trinajstić information content (AvgIpc) is 2.85. The number of morpholine rings is 1. The summed E-state index contributed by atoms with van der Waals surface area (Å²) >= 11 is 0. The van der Waals surface area contributed by atoms with Crippen LogP contribution in [0.2, 0.25) is 0 Å². The highest BCUT2D eigenvalue weighted by atomic mass is 16.5. The van der Waals surface area contributed by atoms with Gasteiger partial charge < -0.3 is 19.3 Å². The minimum absolute atomic E-state index is 0.0520. The molecule has 1 atom stereocenters. The van der Waals surface area contributed by atoms with Crippen molar-refractivity contribution in [2.75, 3.05) is 31.7 Å². The average molecular weight is 443 g/mol. The van der Waals surface area contributed by atoms with Crippen molar-refractivity contribution in [1.82, 2.24) is 9.88 Å². The molecule has 1 amide bonds. The summed E-state index contributed by atoms with van der Waals surface area (Å²) in [6.45, 7) is 10.8. The maximum Gasteiger partial charge on any atom is 0.248 e. The molecule has 1 aromatic heterocycles. The fraction of sp³-hybridized carbons (Fsp3) is 0.269. The van der Waals surface area contributed by atoms with E-state index in [0.717, 1.165) is 29.2 Å². The van der Waals surface area contributed by atoms with Crippen LogP contribution in [0.15, 0.2) is 66.9 Å². The van der Waals surface area contributed by atoms with Gasteiger partial charge in [-0.25, -0.2) is 4.85 Å². The number of pyridine rings is 1. The molecule has 1 fully saturated rings. The highest BCUT2D eigenvalue weighted by Gasteiger charge is 2.27. The van der Waals surface area contributed by atoms with Gasteiger partial charge in [-0.15, -0.1) is 0 Å². The minimum atomic E-state index is 0.0520. The Balaban J connectivity index is 1.39. The van der Waals surface area contributed by atoms with E-state index in [1.54, 1.807) is 18.3 Å². The van der Waals surface area contributed by atoms with Crippen molar-refractivity contribution in [2.24, 2.45) is 0 Å². The number of aromatic nitrogens is 1. The van der Waals surface area contributed by atoms with Gasteiger partial charge in [0.1, 0.15) is 23.9 Å². The molecule has 0 bridgehead atoms. The van der Waals surface area contributed by atoms with Crippen molar-refractivity contribution in [2.45, 2.75) is 19.4 Å². The summed E-state index contributed by atoms with van der Waals surface area (Å²) < 4.78 is 11.4. The normalized spacial score (nSPS) is 15.7. The summed E-state index contributed by atoms with van der Waals surface area (Å²) in [7, 11) is 1.89. The van der Waals surface area contributed by atoms with Gasteiger partial charge in [0.05, 0.1) is 19.2 Å². The van der Waals surface area contributed by atoms with E-state index in [4.69, 9.17) is 16.0 Å². The molecule has 0 N–H and O–H groups in total. The van der Waals surface area contributed by atoms with Crippen LogP contribution in [0.25, 0.3) is 4.85 Å². The van der Waals surface area contributed by atoms with Gasteiger partial charge in [-0.1, -0.05) is 24.3 Å². The molecule has 0 radical (unpaired) electrons. The van der Waals surface area contributed by atoms with Crippen LogP contribution in [-0.2, 0) is 16.0 Å². The summed E-state index contributed by atoms with van der Waals surface area (Å²) in [6.07, 6.45) is 2.43. The predicted molar refractivity (Wildman–Crippen MR) is 127 cm³/mol. The Morgan fingerprint density at radius 1 is 1.15 bits per heavy atom. The zero-order valence-electron chi connectivity index (χ0n) is 18.8. The molecular formula is C26H26N4O3. The van der Waals surface area contributed by atoms with E-state index in [1.165, 1.54) is 0 Å². The number of carbonyl (C=O) groups is 1. The van der Waals surface area contributed by atoms with Crippen molar-refractivity contribution in [1.29, 1.82) is 0 Å². The fourth-order valence-electron chi connectivity index (χ4n) is 3.96. The molecule has 0 spiro atoms. The Kier molecular flexibility index (Phi) is 6.86. The highest BCUT2D eigenvalue weighted by Crippen LogP contribution is 2.32. The number of likely N-dealkylation sites (N-methyl/N-ethyl adjacent to an activating group) is 1. The number of rotatable bonds is 7. The summed E-state index contributed by atoms with van der Waals surface area (Å²) in [6, 6.07) is 19.2. The lowest BCUT2D eigenvalue weighted by atomic mass is 10.0. The molecule has 1 aliphatic rings. The van der Waals surface area contributed by atoms with Gasteiger partial charge in [-0.3, -0.25) is 9.78 Å². The first-order valence-electron chi connectivity index (χ1n) is 10.9. The summed E-state index contributed by atoms with van der Waals surface area (Å²) in [5.41, 5.74) is 2.55. The van der Waals surface area contributed by atoms with Gasteiger partial charge in [0.2, 0.25) is 11.6 Å². The molecule has 7 nitrogen and oxygen atoms in total. The second kappa shape index (κ2) is 10.2. The number of anilines is 2. The molecule has 168 valence electrons. The van der Waals surface area contributed by atoms with E-state index in [9.17, 15) is 4.79 Å². The molecule has 3 aromatic rings. The van der Waals surface area contributed by atoms with E-state index >= 15 is 0 Å². The smallest absolute Gasteiger partial charge is 0.248 e. The van der Waals surface area contributed by atoms with Crippen molar-refractivity contribution in [3.63, 3.8) is 0 Å². The lowest BCUT2D eigenvalue weighted by molar-refractivity contribution is -0.147. The number of nitrogens with zero attached hydrogens (tertiary/aromatic N) is 4. The van der Waals surface area contributed by atoms with E-state index in [-0.39, 0.29) is 18.6 Å². The lowest BCUT2D eigenvalue weighted by Gasteiger charge is -2.34. The number of benzene rings is 2. The molecule has 4 rings (SSSR count). The Labute approximate surface area is 194 Å². The second-order valence-electron chi connectivity index (χ2n) is 7.81. The molecule has 33 heavy (non-hydrogen) atoms. The largest absolute Gasteiger partial charge is 0.457 e. The van der Waals surface area contributed by atoms with Crippen LogP contribution >= 0.6 is 0 Å². The van der Waals surface area contributed by atoms with Crippen molar-refractivity contribution in [3.05, 3.63) is 83.8 Å². The Morgan fingerprint density at radius 3 is 2.52 bits per heavy atom. The van der Waals surface area contributed by atoms with E-state index in [0.29, 0.717) is 24.7 Å². The van der Waals surface area contributed by atoms with Crippen LogP contribution in [0.3, 0.4) is 0 Å². The first kappa shape index (κ1) is 22.3. The summed E-state index contributed by atoms with van der Waals surface area (Å²) in [4.78, 5) is 23.7. The maximum atomic E-state index is 12.0. The van der Waals surface area contributed by atoms with Crippen molar-refractivity contribution >= 4 is 23.1 Å². The molecule has 0 saturated carbocycles. The van der Waals surface area contributed by atoms with Crippen LogP contribution in [-0.4, -0.2) is 48.6 Å². The third kappa shape index (κ3) is 5.13. The molecule has 1 aliphatic heterocycles. The Bertz CT molecular complexity index is 1140. The summed E-state index contributed by atoms with van der Waals surface area (Å²) in [5.74, 6) is 2.12. The standard InChI is InChI=1S/C26H26N4O3/c1-4-30-21(17-32-18-25(30)31)16-19-7-11-22(12-8-19)33-23-13-9-20(10-14-23)29(3)26-24(27-2)6-5-15-28-26/h5-15,21H,4,16-18H2,1,3H3. The predicted octanol–water partition coefficient (Wildman–Crippen LogP) is 4.98. The first-order valence-corrected chi connectivity index (χ1v) is 10.9. The molecule has 2 aromatic carbocycles. The van der Waals surface area contributed by atoms with Gasteiger partial charge in [0, 0.05) is 25.5 Å². The van der Waals surface area contributed by atoms with Crippen LogP contribution < -0.4 is 9.64 Å². The number of ether oxygens (including phenoxy) is 2. The zero-order chi connectivity index (χ0) is 23.2. The SMILES string of the molecule is [C-]#[N+]c1cccnc1N(C)c1ccc(Oc2ccc(CC3COCC(=O)N3CC)cc2)cc1. The van der Waals surface area contributed by atoms with Crippen molar-refractivity contribution in [3.8, 4) is 11.5 Å². The molecule has 0 aliphatic carbocycles. The first-order chi connectivity index (χ1) is 16.1. The Hall–Kier alpha value is -3.89. The van der Waals surface area contributed by atoms with Gasteiger partial charge in [-0.2, -0.15) is 0 Å². The van der Waals surface area contributed by atoms with Gasteiger partial charge >= 0.3 is 0 Å². The van der Waals surface area contributed by atoms with Crippen LogP contribution in [0, 0.1) is 6.57 Å². The van der Waals surface area contributed by atoms with Gasteiger partial charge in [0.15, 0.2) is 0 Å². The summed E-state index contributed by atoms with van der Waals surface area (Å²) in [5, 5.41) is 0. The van der Waals surface area contributed by atoms with E-state index in [1.807, 2.05) is 72.3 Å². The number of hydrogen-bond acceptors (Lipinski definition) is 5. The molecule has 1 saturated heterocycles. The third-order valence-electron chi connectivity index (χ3n) is 5.70. The second-order valence-corrected chi connectivity index (χ2v) is 7.81. The minimum Gasteiger partial charge on any atom is -0.457 e. The molecular weight excluding hydrogens is 416 g/mol. The molecule has 1 unspecified atom stereocenters. The fourth-order valence-corrected chi connectivity index (χ4v) is 3.96. The third-order valence-corrected chi connectivity index (χ3v) is 5.70. The van der Waals surface area contributed by atoms with Crippen molar-refractivity contribution < 1.29 is 14.3 Å². The van der Waals surface area contributed by atoms with Gasteiger partial charge in [0.25, 0.3) is 0 Å². The Morgan fingerprint density at radius 2 is 1.85 bits per heavy atom. The van der Waals surface area contributed by atoms with Crippen LogP contribution in [0.5, 0.6) is 11.5 Å².